The van der Waals surface area contributed by atoms with Gasteiger partial charge >= 0.3 is 69.7 Å². The second-order valence-electron chi connectivity index (χ2n) is 2.70. The van der Waals surface area contributed by atoms with Crippen molar-refractivity contribution in [3.8, 4) is 0 Å². The summed E-state index contributed by atoms with van der Waals surface area (Å²) in [6, 6.07) is 0. The molecule has 0 aliphatic rings. The SMILES string of the molecule is B=C(C)C(/C=C\C(=C)C)=C/C. The first kappa shape index (κ1) is 10.2. The van der Waals surface area contributed by atoms with Crippen LogP contribution in [-0.2, 0) is 0 Å². The fraction of sp³-hybridized carbons (Fsp3) is 0.300. The van der Waals surface area contributed by atoms with E-state index in [9.17, 15) is 0 Å². The Hall–Kier alpha value is -0.845. The minimum absolute atomic E-state index is 1.06. The number of hydrogen-bond acceptors (Lipinski definition) is 0. The monoisotopic (exact) mass is 146 g/mol. The molecule has 0 bridgehead atoms. The van der Waals surface area contributed by atoms with Gasteiger partial charge in [0.15, 0.2) is 0 Å². The van der Waals surface area contributed by atoms with Crippen LogP contribution >= 0.6 is 0 Å². The van der Waals surface area contributed by atoms with Crippen LogP contribution in [0.3, 0.4) is 0 Å². The number of rotatable bonds is 3. The summed E-state index contributed by atoms with van der Waals surface area (Å²) in [5.41, 5.74) is 3.32. The van der Waals surface area contributed by atoms with Crippen LogP contribution < -0.4 is 0 Å². The van der Waals surface area contributed by atoms with Gasteiger partial charge in [-0.1, -0.05) is 0 Å². The molecule has 58 valence electrons. The second kappa shape index (κ2) is 4.89. The molecular formula is C10H15B. The molecule has 0 unspecified atom stereocenters. The Morgan fingerprint density at radius 2 is 1.82 bits per heavy atom. The molecule has 0 aliphatic carbocycles. The zero-order valence-corrected chi connectivity index (χ0v) is 7.65. The van der Waals surface area contributed by atoms with Gasteiger partial charge in [-0.05, 0) is 0 Å². The quantitative estimate of drug-likeness (QED) is 0.422. The standard InChI is InChI=1S/C10H15B/c1-5-10(9(4)11)7-6-8(2)3/h5-7,11H,2H2,1,3-4H3/b7-6-,10-5+. The van der Waals surface area contributed by atoms with Crippen molar-refractivity contribution in [2.75, 3.05) is 0 Å². The Labute approximate surface area is 70.4 Å². The summed E-state index contributed by atoms with van der Waals surface area (Å²) in [6.07, 6.45) is 6.07. The van der Waals surface area contributed by atoms with Gasteiger partial charge in [0, 0.05) is 0 Å². The topological polar surface area (TPSA) is 0 Å². The van der Waals surface area contributed by atoms with E-state index < -0.39 is 0 Å². The predicted octanol–water partition coefficient (Wildman–Crippen LogP) is 2.16. The van der Waals surface area contributed by atoms with Crippen LogP contribution in [0.2, 0.25) is 0 Å². The Morgan fingerprint density at radius 3 is 2.09 bits per heavy atom. The van der Waals surface area contributed by atoms with Crippen molar-refractivity contribution in [3.63, 3.8) is 0 Å². The zero-order valence-electron chi connectivity index (χ0n) is 7.65. The molecule has 0 aromatic rings. The molecule has 1 heteroatoms. The van der Waals surface area contributed by atoms with E-state index >= 15 is 0 Å². The molecule has 0 saturated carbocycles. The Bertz CT molecular complexity index is 219. The first-order chi connectivity index (χ1) is 5.07. The van der Waals surface area contributed by atoms with Crippen molar-refractivity contribution >= 4 is 13.0 Å². The average Bonchev–Trinajstić information content (AvgIpc) is 1.87. The summed E-state index contributed by atoms with van der Waals surface area (Å²) in [5, 5.41) is 0. The Kier molecular flexibility index (Phi) is 4.52. The van der Waals surface area contributed by atoms with Crippen LogP contribution in [0.5, 0.6) is 0 Å². The van der Waals surface area contributed by atoms with Crippen LogP contribution in [0.4, 0.5) is 0 Å². The minimum atomic E-state index is 1.06. The van der Waals surface area contributed by atoms with E-state index in [2.05, 4.69) is 14.1 Å². The Morgan fingerprint density at radius 1 is 1.27 bits per heavy atom. The number of allylic oxidation sites excluding steroid dienone is 5. The van der Waals surface area contributed by atoms with E-state index in [-0.39, 0.29) is 0 Å². The van der Waals surface area contributed by atoms with Crippen LogP contribution in [-0.4, -0.2) is 13.0 Å². The molecule has 11 heavy (non-hydrogen) atoms. The van der Waals surface area contributed by atoms with Crippen LogP contribution in [0.1, 0.15) is 20.8 Å². The normalized spacial score (nSPS) is 12.0. The van der Waals surface area contributed by atoms with Crippen molar-refractivity contribution in [2.24, 2.45) is 0 Å². The first-order valence-electron chi connectivity index (χ1n) is 3.73. The number of hydrogen-bond donors (Lipinski definition) is 0. The Balaban J connectivity index is 4.34. The second-order valence-corrected chi connectivity index (χ2v) is 2.70. The molecule has 0 nitrogen and oxygen atoms in total. The molecule has 0 spiro atoms. The third-order valence-corrected chi connectivity index (χ3v) is 1.35. The van der Waals surface area contributed by atoms with Gasteiger partial charge in [0.25, 0.3) is 0 Å². The van der Waals surface area contributed by atoms with E-state index in [1.54, 1.807) is 0 Å². The fourth-order valence-corrected chi connectivity index (χ4v) is 0.717. The average molecular weight is 146 g/mol. The summed E-state index contributed by atoms with van der Waals surface area (Å²) in [5.74, 6) is 0. The molecule has 0 aliphatic heterocycles. The van der Waals surface area contributed by atoms with Gasteiger partial charge in [-0.2, -0.15) is 0 Å². The third kappa shape index (κ3) is 4.54. The van der Waals surface area contributed by atoms with E-state index in [4.69, 9.17) is 0 Å². The molecular weight excluding hydrogens is 131 g/mol. The van der Waals surface area contributed by atoms with Crippen molar-refractivity contribution in [1.29, 1.82) is 0 Å². The van der Waals surface area contributed by atoms with Crippen molar-refractivity contribution < 1.29 is 0 Å². The summed E-state index contributed by atoms with van der Waals surface area (Å²) < 4.78 is 0. The molecule has 0 radical (unpaired) electrons. The van der Waals surface area contributed by atoms with Gasteiger partial charge in [-0.3, -0.25) is 0 Å². The van der Waals surface area contributed by atoms with E-state index in [0.717, 1.165) is 11.0 Å². The van der Waals surface area contributed by atoms with Gasteiger partial charge in [-0.15, -0.1) is 0 Å². The summed E-state index contributed by atoms with van der Waals surface area (Å²) in [7, 11) is 3.86. The predicted molar refractivity (Wildman–Crippen MR) is 55.5 cm³/mol. The van der Waals surface area contributed by atoms with E-state index in [0.29, 0.717) is 0 Å². The summed E-state index contributed by atoms with van der Waals surface area (Å²) >= 11 is 0. The fourth-order valence-electron chi connectivity index (χ4n) is 0.717. The molecule has 0 rings (SSSR count). The maximum absolute atomic E-state index is 3.86. The molecule has 0 heterocycles. The maximum atomic E-state index is 3.86. The van der Waals surface area contributed by atoms with Gasteiger partial charge in [0.1, 0.15) is 0 Å². The van der Waals surface area contributed by atoms with E-state index in [1.807, 2.05) is 39.0 Å². The molecule has 0 aromatic carbocycles. The van der Waals surface area contributed by atoms with Gasteiger partial charge in [0.05, 0.1) is 0 Å². The summed E-state index contributed by atoms with van der Waals surface area (Å²) in [4.78, 5) is 0. The first-order valence-corrected chi connectivity index (χ1v) is 3.73. The zero-order chi connectivity index (χ0) is 8.85. The molecule has 0 atom stereocenters. The van der Waals surface area contributed by atoms with Crippen LogP contribution in [0, 0.1) is 0 Å². The van der Waals surface area contributed by atoms with E-state index in [1.165, 1.54) is 5.57 Å². The molecule has 0 saturated heterocycles. The molecule has 0 amide bonds. The van der Waals surface area contributed by atoms with Gasteiger partial charge in [0.2, 0.25) is 0 Å². The summed E-state index contributed by atoms with van der Waals surface area (Å²) in [6.45, 7) is 9.76. The van der Waals surface area contributed by atoms with Gasteiger partial charge < -0.3 is 0 Å². The molecule has 0 fully saturated rings. The van der Waals surface area contributed by atoms with Crippen LogP contribution in [0.15, 0.2) is 36.0 Å². The molecule has 0 N–H and O–H groups in total. The molecule has 0 aromatic heterocycles. The third-order valence-electron chi connectivity index (χ3n) is 1.35. The van der Waals surface area contributed by atoms with Crippen LogP contribution in [0.25, 0.3) is 0 Å². The van der Waals surface area contributed by atoms with Gasteiger partial charge in [-0.25, -0.2) is 0 Å². The van der Waals surface area contributed by atoms with Crippen molar-refractivity contribution in [1.82, 2.24) is 0 Å². The van der Waals surface area contributed by atoms with Crippen molar-refractivity contribution in [2.45, 2.75) is 20.8 Å². The van der Waals surface area contributed by atoms with Crippen molar-refractivity contribution in [3.05, 3.63) is 36.0 Å².